The van der Waals surface area contributed by atoms with Gasteiger partial charge in [0.15, 0.2) is 0 Å². The summed E-state index contributed by atoms with van der Waals surface area (Å²) in [5.74, 6) is -0.313. The Morgan fingerprint density at radius 1 is 1.22 bits per heavy atom. The lowest BCUT2D eigenvalue weighted by Gasteiger charge is -2.28. The number of hydrogen-bond acceptors (Lipinski definition) is 2. The Balaban J connectivity index is 0.00000162. The molecule has 1 fully saturated rings. The van der Waals surface area contributed by atoms with Gasteiger partial charge in [-0.3, -0.25) is 0 Å². The summed E-state index contributed by atoms with van der Waals surface area (Å²) < 4.78 is 19.2. The molecule has 2 N–H and O–H groups in total. The Kier molecular flexibility index (Phi) is 6.15. The first kappa shape index (κ1) is 16.0. The molecule has 1 aliphatic heterocycles. The molecule has 1 heterocycles. The van der Waals surface area contributed by atoms with Gasteiger partial charge in [-0.1, -0.05) is 23.2 Å². The van der Waals surface area contributed by atoms with E-state index in [1.165, 1.54) is 6.07 Å². The largest absolute Gasteiger partial charge is 0.381 e. The molecule has 0 unspecified atom stereocenters. The molecule has 0 saturated carbocycles. The van der Waals surface area contributed by atoms with Gasteiger partial charge < -0.3 is 10.5 Å². The monoisotopic (exact) mass is 313 g/mol. The number of hydrogen-bond donors (Lipinski definition) is 1. The molecule has 0 radical (unpaired) electrons. The predicted octanol–water partition coefficient (Wildman–Crippen LogP) is 3.98. The van der Waals surface area contributed by atoms with Gasteiger partial charge >= 0.3 is 0 Å². The van der Waals surface area contributed by atoms with Crippen LogP contribution in [0.5, 0.6) is 0 Å². The van der Waals surface area contributed by atoms with E-state index in [-0.39, 0.29) is 23.3 Å². The summed E-state index contributed by atoms with van der Waals surface area (Å²) in [6.45, 7) is 1.33. The fraction of sp³-hybridized carbons (Fsp3) is 0.500. The third kappa shape index (κ3) is 3.28. The second-order valence-corrected chi connectivity index (χ2v) is 5.05. The zero-order valence-electron chi connectivity index (χ0n) is 9.67. The van der Waals surface area contributed by atoms with Crippen LogP contribution in [0.3, 0.4) is 0 Å². The maximum absolute atomic E-state index is 13.9. The molecule has 0 aliphatic carbocycles. The molecule has 18 heavy (non-hydrogen) atoms. The zero-order valence-corrected chi connectivity index (χ0v) is 12.0. The van der Waals surface area contributed by atoms with Crippen molar-refractivity contribution in [1.29, 1.82) is 0 Å². The van der Waals surface area contributed by atoms with Crippen LogP contribution in [0.1, 0.15) is 24.4 Å². The number of ether oxygens (including phenoxy) is 1. The Labute approximate surface area is 122 Å². The second kappa shape index (κ2) is 6.92. The summed E-state index contributed by atoms with van der Waals surface area (Å²) in [6.07, 6.45) is 1.65. The highest BCUT2D eigenvalue weighted by molar-refractivity contribution is 6.33. The lowest BCUT2D eigenvalue weighted by molar-refractivity contribution is 0.0580. The molecule has 1 aromatic rings. The highest BCUT2D eigenvalue weighted by Crippen LogP contribution is 2.35. The Morgan fingerprint density at radius 2 is 1.78 bits per heavy atom. The summed E-state index contributed by atoms with van der Waals surface area (Å²) >= 11 is 11.8. The van der Waals surface area contributed by atoms with Crippen molar-refractivity contribution in [3.8, 4) is 0 Å². The van der Waals surface area contributed by atoms with Crippen LogP contribution in [0.4, 0.5) is 4.39 Å². The molecule has 2 nitrogen and oxygen atoms in total. The smallest absolute Gasteiger partial charge is 0.148 e. The average Bonchev–Trinajstić information content (AvgIpc) is 2.35. The van der Waals surface area contributed by atoms with Crippen molar-refractivity contribution in [1.82, 2.24) is 0 Å². The first-order valence-corrected chi connectivity index (χ1v) is 6.33. The van der Waals surface area contributed by atoms with E-state index in [9.17, 15) is 4.39 Å². The topological polar surface area (TPSA) is 35.2 Å². The van der Waals surface area contributed by atoms with Gasteiger partial charge in [-0.25, -0.2) is 4.39 Å². The van der Waals surface area contributed by atoms with Crippen molar-refractivity contribution in [2.45, 2.75) is 18.9 Å². The highest BCUT2D eigenvalue weighted by atomic mass is 35.5. The summed E-state index contributed by atoms with van der Waals surface area (Å²) in [6, 6.07) is 2.60. The molecule has 6 heteroatoms. The van der Waals surface area contributed by atoms with Crippen LogP contribution >= 0.6 is 35.6 Å². The molecule has 1 atom stereocenters. The zero-order chi connectivity index (χ0) is 12.4. The quantitative estimate of drug-likeness (QED) is 0.838. The molecule has 1 saturated heterocycles. The van der Waals surface area contributed by atoms with E-state index in [0.29, 0.717) is 23.8 Å². The average molecular weight is 315 g/mol. The molecule has 0 amide bonds. The van der Waals surface area contributed by atoms with Crippen molar-refractivity contribution in [3.63, 3.8) is 0 Å². The molecule has 102 valence electrons. The van der Waals surface area contributed by atoms with Crippen LogP contribution in [0.2, 0.25) is 10.0 Å². The van der Waals surface area contributed by atoms with Gasteiger partial charge in [0.2, 0.25) is 0 Å². The minimum atomic E-state index is -0.502. The summed E-state index contributed by atoms with van der Waals surface area (Å²) in [7, 11) is 0. The van der Waals surface area contributed by atoms with Gasteiger partial charge in [-0.2, -0.15) is 0 Å². The van der Waals surface area contributed by atoms with Gasteiger partial charge in [0.05, 0.1) is 5.02 Å². The van der Waals surface area contributed by atoms with E-state index in [2.05, 4.69) is 0 Å². The summed E-state index contributed by atoms with van der Waals surface area (Å²) in [5.41, 5.74) is 6.43. The van der Waals surface area contributed by atoms with Crippen molar-refractivity contribution in [2.24, 2.45) is 11.7 Å². The van der Waals surface area contributed by atoms with E-state index < -0.39 is 11.9 Å². The third-order valence-corrected chi connectivity index (χ3v) is 3.81. The number of nitrogens with two attached hydrogens (primary N) is 1. The SMILES string of the molecule is Cl.N[C@@H](c1c(Cl)ccc(Cl)c1F)C1CCOCC1. The molecular formula is C12H15Cl3FNO. The predicted molar refractivity (Wildman–Crippen MR) is 74.1 cm³/mol. The van der Waals surface area contributed by atoms with E-state index >= 15 is 0 Å². The van der Waals surface area contributed by atoms with E-state index in [1.54, 1.807) is 6.07 Å². The fourth-order valence-electron chi connectivity index (χ4n) is 2.16. The van der Waals surface area contributed by atoms with Crippen LogP contribution in [-0.4, -0.2) is 13.2 Å². The van der Waals surface area contributed by atoms with Crippen LogP contribution in [-0.2, 0) is 4.74 Å². The van der Waals surface area contributed by atoms with Crippen LogP contribution in [0, 0.1) is 11.7 Å². The lowest BCUT2D eigenvalue weighted by atomic mass is 9.87. The maximum Gasteiger partial charge on any atom is 0.148 e. The minimum Gasteiger partial charge on any atom is -0.381 e. The van der Waals surface area contributed by atoms with Crippen molar-refractivity contribution in [2.75, 3.05) is 13.2 Å². The fourth-order valence-corrected chi connectivity index (χ4v) is 2.60. The van der Waals surface area contributed by atoms with E-state index in [4.69, 9.17) is 33.7 Å². The van der Waals surface area contributed by atoms with Gasteiger partial charge in [0.1, 0.15) is 5.82 Å². The third-order valence-electron chi connectivity index (χ3n) is 3.19. The minimum absolute atomic E-state index is 0. The van der Waals surface area contributed by atoms with Crippen molar-refractivity contribution in [3.05, 3.63) is 33.6 Å². The summed E-state index contributed by atoms with van der Waals surface area (Å²) in [4.78, 5) is 0. The van der Waals surface area contributed by atoms with Crippen LogP contribution in [0.25, 0.3) is 0 Å². The molecule has 0 spiro atoms. The Morgan fingerprint density at radius 3 is 2.39 bits per heavy atom. The van der Waals surface area contributed by atoms with Gasteiger partial charge in [0.25, 0.3) is 0 Å². The molecule has 0 aromatic heterocycles. The van der Waals surface area contributed by atoms with Crippen LogP contribution in [0.15, 0.2) is 12.1 Å². The van der Waals surface area contributed by atoms with Gasteiger partial charge in [0, 0.05) is 29.8 Å². The molecule has 1 aliphatic rings. The Bertz CT molecular complexity index is 411. The standard InChI is InChI=1S/C12H14Cl2FNO.ClH/c13-8-1-2-9(14)11(15)10(8)12(16)7-3-5-17-6-4-7;/h1-2,7,12H,3-6,16H2;1H/t12-;/m1./s1. The molecule has 2 rings (SSSR count). The van der Waals surface area contributed by atoms with Gasteiger partial charge in [-0.05, 0) is 30.9 Å². The van der Waals surface area contributed by atoms with Crippen molar-refractivity contribution < 1.29 is 9.13 Å². The molecule has 1 aromatic carbocycles. The van der Waals surface area contributed by atoms with Crippen LogP contribution < -0.4 is 5.73 Å². The van der Waals surface area contributed by atoms with E-state index in [0.717, 1.165) is 12.8 Å². The maximum atomic E-state index is 13.9. The summed E-state index contributed by atoms with van der Waals surface area (Å²) in [5, 5.41) is 0.401. The molecular weight excluding hydrogens is 299 g/mol. The second-order valence-electron chi connectivity index (χ2n) is 4.23. The first-order valence-electron chi connectivity index (χ1n) is 5.58. The lowest BCUT2D eigenvalue weighted by Crippen LogP contribution is -2.28. The van der Waals surface area contributed by atoms with Crippen molar-refractivity contribution >= 4 is 35.6 Å². The first-order chi connectivity index (χ1) is 8.11. The Hall–Kier alpha value is -0.0600. The number of benzene rings is 1. The number of rotatable bonds is 2. The van der Waals surface area contributed by atoms with E-state index in [1.807, 2.05) is 0 Å². The highest BCUT2D eigenvalue weighted by Gasteiger charge is 2.27. The molecule has 0 bridgehead atoms. The van der Waals surface area contributed by atoms with Gasteiger partial charge in [-0.15, -0.1) is 12.4 Å². The number of halogens is 4. The normalized spacial score (nSPS) is 18.2.